The van der Waals surface area contributed by atoms with Crippen LogP contribution in [0.1, 0.15) is 22.2 Å². The maximum atomic E-state index is 12.2. The lowest BCUT2D eigenvalue weighted by Gasteiger charge is -2.19. The Bertz CT molecular complexity index is 513. The van der Waals surface area contributed by atoms with Crippen LogP contribution < -0.4 is 11.1 Å². The van der Waals surface area contributed by atoms with Crippen molar-refractivity contribution in [2.75, 3.05) is 26.7 Å². The summed E-state index contributed by atoms with van der Waals surface area (Å²) in [5, 5.41) is 4.25. The summed E-state index contributed by atoms with van der Waals surface area (Å²) in [6.45, 7) is 2.67. The van der Waals surface area contributed by atoms with Crippen molar-refractivity contribution >= 4 is 23.2 Å². The molecule has 0 bridgehead atoms. The molecule has 19 heavy (non-hydrogen) atoms. The molecule has 1 heterocycles. The molecule has 0 radical (unpaired) electrons. The first-order valence-corrected chi connectivity index (χ1v) is 6.77. The molecule has 5 nitrogen and oxygen atoms in total. The van der Waals surface area contributed by atoms with Gasteiger partial charge in [0.15, 0.2) is 0 Å². The van der Waals surface area contributed by atoms with Crippen LogP contribution in [0.5, 0.6) is 0 Å². The number of nitrogens with two attached hydrogens (primary N) is 1. The standard InChI is InChI=1S/C13H17N3O2S/c1-3-16(8-12(17)15-2)13(18)10-7-11(19-9-10)5-4-6-14/h7,9H,3,6,8,14H2,1-2H3,(H,15,17). The molecule has 102 valence electrons. The van der Waals surface area contributed by atoms with Crippen LogP contribution in [0, 0.1) is 11.8 Å². The SMILES string of the molecule is CCN(CC(=O)NC)C(=O)c1csc(C#CCN)c1. The second-order valence-electron chi connectivity index (χ2n) is 3.70. The Kier molecular flexibility index (Phi) is 6.06. The third kappa shape index (κ3) is 4.39. The van der Waals surface area contributed by atoms with Crippen molar-refractivity contribution in [1.82, 2.24) is 10.2 Å². The van der Waals surface area contributed by atoms with Gasteiger partial charge in [0.25, 0.3) is 5.91 Å². The molecule has 0 aliphatic rings. The largest absolute Gasteiger partial charge is 0.358 e. The second kappa shape index (κ2) is 7.56. The summed E-state index contributed by atoms with van der Waals surface area (Å²) >= 11 is 1.39. The van der Waals surface area contributed by atoms with Crippen LogP contribution in [0.2, 0.25) is 0 Å². The normalized spacial score (nSPS) is 9.42. The molecule has 3 N–H and O–H groups in total. The number of amides is 2. The highest BCUT2D eigenvalue weighted by Crippen LogP contribution is 2.15. The summed E-state index contributed by atoms with van der Waals surface area (Å²) < 4.78 is 0. The van der Waals surface area contributed by atoms with E-state index in [0.717, 1.165) is 4.88 Å². The van der Waals surface area contributed by atoms with E-state index >= 15 is 0 Å². The Morgan fingerprint density at radius 3 is 2.84 bits per heavy atom. The summed E-state index contributed by atoms with van der Waals surface area (Å²) in [7, 11) is 1.55. The quantitative estimate of drug-likeness (QED) is 0.777. The van der Waals surface area contributed by atoms with Crippen LogP contribution in [0.3, 0.4) is 0 Å². The van der Waals surface area contributed by atoms with Gasteiger partial charge < -0.3 is 16.0 Å². The van der Waals surface area contributed by atoms with E-state index in [1.54, 1.807) is 18.5 Å². The van der Waals surface area contributed by atoms with Gasteiger partial charge in [-0.25, -0.2) is 0 Å². The number of rotatable bonds is 4. The van der Waals surface area contributed by atoms with Gasteiger partial charge in [-0.15, -0.1) is 11.3 Å². The van der Waals surface area contributed by atoms with Gasteiger partial charge >= 0.3 is 0 Å². The molecule has 0 aromatic carbocycles. The summed E-state index contributed by atoms with van der Waals surface area (Å²) in [6, 6.07) is 1.72. The fourth-order valence-electron chi connectivity index (χ4n) is 1.41. The summed E-state index contributed by atoms with van der Waals surface area (Å²) in [5.41, 5.74) is 5.85. The Balaban J connectivity index is 2.80. The van der Waals surface area contributed by atoms with E-state index in [-0.39, 0.29) is 18.4 Å². The van der Waals surface area contributed by atoms with Crippen LogP contribution in [0.25, 0.3) is 0 Å². The summed E-state index contributed by atoms with van der Waals surface area (Å²) in [5.74, 6) is 5.27. The number of nitrogens with zero attached hydrogens (tertiary/aromatic N) is 1. The highest BCUT2D eigenvalue weighted by atomic mass is 32.1. The minimum Gasteiger partial charge on any atom is -0.358 e. The van der Waals surface area contributed by atoms with E-state index < -0.39 is 0 Å². The summed E-state index contributed by atoms with van der Waals surface area (Å²) in [6.07, 6.45) is 0. The maximum Gasteiger partial charge on any atom is 0.255 e. The van der Waals surface area contributed by atoms with Gasteiger partial charge in [0, 0.05) is 19.0 Å². The minimum absolute atomic E-state index is 0.0610. The molecule has 0 spiro atoms. The Morgan fingerprint density at radius 1 is 1.53 bits per heavy atom. The topological polar surface area (TPSA) is 75.4 Å². The number of hydrogen-bond acceptors (Lipinski definition) is 4. The number of thiophene rings is 1. The van der Waals surface area contributed by atoms with Crippen molar-refractivity contribution in [1.29, 1.82) is 0 Å². The van der Waals surface area contributed by atoms with E-state index in [9.17, 15) is 9.59 Å². The Hall–Kier alpha value is -1.84. The first-order valence-electron chi connectivity index (χ1n) is 5.89. The average molecular weight is 279 g/mol. The maximum absolute atomic E-state index is 12.2. The highest BCUT2D eigenvalue weighted by molar-refractivity contribution is 7.10. The van der Waals surface area contributed by atoms with Crippen LogP contribution in [0.4, 0.5) is 0 Å². The zero-order chi connectivity index (χ0) is 14.3. The van der Waals surface area contributed by atoms with Crippen molar-refractivity contribution in [3.63, 3.8) is 0 Å². The van der Waals surface area contributed by atoms with E-state index in [1.165, 1.54) is 16.2 Å². The molecule has 6 heteroatoms. The van der Waals surface area contributed by atoms with Gasteiger partial charge in [-0.05, 0) is 13.0 Å². The fourth-order valence-corrected chi connectivity index (χ4v) is 2.16. The molecule has 0 unspecified atom stereocenters. The van der Waals surface area contributed by atoms with Crippen molar-refractivity contribution in [2.45, 2.75) is 6.92 Å². The van der Waals surface area contributed by atoms with Crippen LogP contribution in [-0.2, 0) is 4.79 Å². The van der Waals surface area contributed by atoms with Gasteiger partial charge in [0.1, 0.15) is 0 Å². The smallest absolute Gasteiger partial charge is 0.255 e. The third-order valence-electron chi connectivity index (χ3n) is 2.44. The van der Waals surface area contributed by atoms with Crippen LogP contribution in [0.15, 0.2) is 11.4 Å². The number of likely N-dealkylation sites (N-methyl/N-ethyl adjacent to an activating group) is 2. The van der Waals surface area contributed by atoms with Crippen molar-refractivity contribution in [3.8, 4) is 11.8 Å². The van der Waals surface area contributed by atoms with E-state index in [0.29, 0.717) is 18.7 Å². The first-order chi connectivity index (χ1) is 9.12. The number of carbonyl (C=O) groups excluding carboxylic acids is 2. The van der Waals surface area contributed by atoms with Crippen LogP contribution in [-0.4, -0.2) is 43.4 Å². The second-order valence-corrected chi connectivity index (χ2v) is 4.61. The molecule has 1 aromatic rings. The first kappa shape index (κ1) is 15.2. The van der Waals surface area contributed by atoms with Gasteiger partial charge in [-0.1, -0.05) is 11.8 Å². The zero-order valence-electron chi connectivity index (χ0n) is 11.0. The summed E-state index contributed by atoms with van der Waals surface area (Å²) in [4.78, 5) is 25.8. The van der Waals surface area contributed by atoms with Gasteiger partial charge in [-0.3, -0.25) is 9.59 Å². The molecule has 1 aromatic heterocycles. The fraction of sp³-hybridized carbons (Fsp3) is 0.385. The molecular weight excluding hydrogens is 262 g/mol. The Labute approximate surface area is 116 Å². The minimum atomic E-state index is -0.187. The van der Waals surface area contributed by atoms with E-state index in [1.807, 2.05) is 6.92 Å². The van der Waals surface area contributed by atoms with E-state index in [4.69, 9.17) is 5.73 Å². The highest BCUT2D eigenvalue weighted by Gasteiger charge is 2.17. The zero-order valence-corrected chi connectivity index (χ0v) is 11.8. The van der Waals surface area contributed by atoms with Gasteiger partial charge in [0.05, 0.1) is 23.5 Å². The predicted octanol–water partition coefficient (Wildman–Crippen LogP) is 0.266. The molecule has 0 aliphatic carbocycles. The Morgan fingerprint density at radius 2 is 2.26 bits per heavy atom. The number of nitrogens with one attached hydrogen (secondary N) is 1. The monoisotopic (exact) mass is 279 g/mol. The van der Waals surface area contributed by atoms with Gasteiger partial charge in [-0.2, -0.15) is 0 Å². The lowest BCUT2D eigenvalue weighted by Crippen LogP contribution is -2.39. The van der Waals surface area contributed by atoms with Crippen molar-refractivity contribution in [3.05, 3.63) is 21.9 Å². The molecule has 1 rings (SSSR count). The van der Waals surface area contributed by atoms with Gasteiger partial charge in [0.2, 0.25) is 5.91 Å². The average Bonchev–Trinajstić information content (AvgIpc) is 2.90. The van der Waals surface area contributed by atoms with Crippen LogP contribution >= 0.6 is 11.3 Å². The lowest BCUT2D eigenvalue weighted by atomic mass is 10.2. The molecule has 0 fully saturated rings. The predicted molar refractivity (Wildman–Crippen MR) is 75.9 cm³/mol. The van der Waals surface area contributed by atoms with Crippen molar-refractivity contribution in [2.24, 2.45) is 5.73 Å². The molecule has 0 saturated carbocycles. The molecule has 0 saturated heterocycles. The molecule has 0 atom stereocenters. The lowest BCUT2D eigenvalue weighted by molar-refractivity contribution is -0.121. The molecular formula is C13H17N3O2S. The van der Waals surface area contributed by atoms with Crippen molar-refractivity contribution < 1.29 is 9.59 Å². The van der Waals surface area contributed by atoms with E-state index in [2.05, 4.69) is 17.2 Å². The molecule has 0 aliphatic heterocycles. The third-order valence-corrected chi connectivity index (χ3v) is 3.29. The molecule has 2 amide bonds. The number of hydrogen-bond donors (Lipinski definition) is 2. The number of carbonyl (C=O) groups is 2.